The van der Waals surface area contributed by atoms with Gasteiger partial charge in [-0.05, 0) is 37.1 Å². The van der Waals surface area contributed by atoms with Crippen molar-refractivity contribution in [1.29, 1.82) is 0 Å². The van der Waals surface area contributed by atoms with Crippen LogP contribution in [0.15, 0.2) is 64.8 Å². The number of nitrogens with zero attached hydrogens (tertiary/aromatic N) is 2. The summed E-state index contributed by atoms with van der Waals surface area (Å²) in [6, 6.07) is 16.8. The molecule has 0 bridgehead atoms. The topological polar surface area (TPSA) is 51.8 Å². The number of rotatable bonds is 4. The molecule has 2 aromatic carbocycles. The van der Waals surface area contributed by atoms with Crippen molar-refractivity contribution >= 4 is 22.7 Å². The van der Waals surface area contributed by atoms with Gasteiger partial charge < -0.3 is 5.73 Å². The third kappa shape index (κ3) is 3.40. The van der Waals surface area contributed by atoms with E-state index in [9.17, 15) is 0 Å². The zero-order valence-electron chi connectivity index (χ0n) is 11.9. The molecule has 1 aromatic heterocycles. The highest BCUT2D eigenvalue weighted by Crippen LogP contribution is 2.30. The van der Waals surface area contributed by atoms with E-state index in [2.05, 4.69) is 40.3 Å². The molecule has 1 unspecified atom stereocenters. The number of nitrogens with two attached hydrogens (primary N) is 1. The van der Waals surface area contributed by atoms with Gasteiger partial charge in [0.05, 0.1) is 5.52 Å². The highest BCUT2D eigenvalue weighted by molar-refractivity contribution is 7.99. The number of benzene rings is 2. The second kappa shape index (κ2) is 6.24. The second-order valence-electron chi connectivity index (χ2n) is 5.12. The van der Waals surface area contributed by atoms with E-state index in [0.717, 1.165) is 22.3 Å². The van der Waals surface area contributed by atoms with E-state index in [1.54, 1.807) is 18.1 Å². The van der Waals surface area contributed by atoms with Crippen LogP contribution < -0.4 is 5.73 Å². The van der Waals surface area contributed by atoms with Crippen molar-refractivity contribution in [2.75, 3.05) is 0 Å². The van der Waals surface area contributed by atoms with Crippen LogP contribution in [0.5, 0.6) is 0 Å². The fraction of sp³-hybridized carbons (Fsp3) is 0.176. The van der Waals surface area contributed by atoms with Crippen molar-refractivity contribution < 1.29 is 0 Å². The van der Waals surface area contributed by atoms with E-state index in [4.69, 9.17) is 5.73 Å². The van der Waals surface area contributed by atoms with Gasteiger partial charge in [0.15, 0.2) is 0 Å². The molecule has 0 aliphatic heterocycles. The lowest BCUT2D eigenvalue weighted by Crippen LogP contribution is -2.17. The zero-order chi connectivity index (χ0) is 14.7. The molecule has 0 spiro atoms. The molecule has 0 aliphatic rings. The van der Waals surface area contributed by atoms with Gasteiger partial charge in [0, 0.05) is 16.3 Å². The Kier molecular flexibility index (Phi) is 4.18. The molecule has 0 aliphatic carbocycles. The molecule has 3 aromatic rings. The third-order valence-corrected chi connectivity index (χ3v) is 4.23. The van der Waals surface area contributed by atoms with E-state index >= 15 is 0 Å². The quantitative estimate of drug-likeness (QED) is 0.746. The first-order chi connectivity index (χ1) is 10.2. The van der Waals surface area contributed by atoms with Crippen molar-refractivity contribution in [2.45, 2.75) is 29.3 Å². The van der Waals surface area contributed by atoms with Crippen LogP contribution in [0.1, 0.15) is 12.5 Å². The Morgan fingerprint density at radius 3 is 2.57 bits per heavy atom. The predicted octanol–water partition coefficient (Wildman–Crippen LogP) is 3.67. The van der Waals surface area contributed by atoms with Crippen LogP contribution in [0.4, 0.5) is 0 Å². The minimum Gasteiger partial charge on any atom is -0.328 e. The Labute approximate surface area is 128 Å². The lowest BCUT2D eigenvalue weighted by molar-refractivity contribution is 0.737. The second-order valence-corrected chi connectivity index (χ2v) is 6.19. The average molecular weight is 295 g/mol. The van der Waals surface area contributed by atoms with Crippen molar-refractivity contribution in [3.63, 3.8) is 0 Å². The van der Waals surface area contributed by atoms with Crippen LogP contribution in [-0.2, 0) is 6.42 Å². The molecule has 0 saturated carbocycles. The van der Waals surface area contributed by atoms with Gasteiger partial charge >= 0.3 is 0 Å². The van der Waals surface area contributed by atoms with E-state index < -0.39 is 0 Å². The van der Waals surface area contributed by atoms with Crippen LogP contribution in [0.3, 0.4) is 0 Å². The maximum Gasteiger partial charge on any atom is 0.117 e. The smallest absolute Gasteiger partial charge is 0.117 e. The van der Waals surface area contributed by atoms with Crippen LogP contribution in [0, 0.1) is 0 Å². The number of hydrogen-bond donors (Lipinski definition) is 1. The molecular weight excluding hydrogens is 278 g/mol. The van der Waals surface area contributed by atoms with Crippen LogP contribution in [0.2, 0.25) is 0 Å². The summed E-state index contributed by atoms with van der Waals surface area (Å²) in [5.74, 6) is 0. The highest BCUT2D eigenvalue weighted by Gasteiger charge is 2.05. The molecule has 106 valence electrons. The highest BCUT2D eigenvalue weighted by atomic mass is 32.2. The summed E-state index contributed by atoms with van der Waals surface area (Å²) in [6.07, 6.45) is 2.52. The standard InChI is InChI=1S/C17H17N3S/c1-12(18)10-13-6-8-14(9-7-13)21-17-15-4-2-3-5-16(15)19-11-20-17/h2-9,11-12H,10,18H2,1H3. The first-order valence-corrected chi connectivity index (χ1v) is 7.76. The van der Waals surface area contributed by atoms with Gasteiger partial charge in [0.1, 0.15) is 11.4 Å². The Bertz CT molecular complexity index is 733. The van der Waals surface area contributed by atoms with Crippen molar-refractivity contribution in [1.82, 2.24) is 9.97 Å². The van der Waals surface area contributed by atoms with E-state index in [0.29, 0.717) is 0 Å². The first kappa shape index (κ1) is 14.0. The Hall–Kier alpha value is -1.91. The zero-order valence-corrected chi connectivity index (χ0v) is 12.7. The molecule has 0 radical (unpaired) electrons. The summed E-state index contributed by atoms with van der Waals surface area (Å²) < 4.78 is 0. The maximum absolute atomic E-state index is 5.83. The van der Waals surface area contributed by atoms with Crippen molar-refractivity contribution in [2.24, 2.45) is 5.73 Å². The summed E-state index contributed by atoms with van der Waals surface area (Å²) in [5.41, 5.74) is 8.07. The van der Waals surface area contributed by atoms with Crippen LogP contribution in [-0.4, -0.2) is 16.0 Å². The summed E-state index contributed by atoms with van der Waals surface area (Å²) in [6.45, 7) is 2.02. The minimum atomic E-state index is 0.189. The van der Waals surface area contributed by atoms with E-state index in [1.165, 1.54) is 10.5 Å². The Morgan fingerprint density at radius 1 is 1.05 bits per heavy atom. The molecule has 4 heteroatoms. The largest absolute Gasteiger partial charge is 0.328 e. The molecular formula is C17H17N3S. The SMILES string of the molecule is CC(N)Cc1ccc(Sc2ncnc3ccccc23)cc1. The fourth-order valence-electron chi connectivity index (χ4n) is 2.24. The number of aromatic nitrogens is 2. The minimum absolute atomic E-state index is 0.189. The van der Waals surface area contributed by atoms with Gasteiger partial charge in [-0.3, -0.25) is 0 Å². The number of para-hydroxylation sites is 1. The molecule has 1 atom stereocenters. The lowest BCUT2D eigenvalue weighted by atomic mass is 10.1. The molecule has 0 amide bonds. The van der Waals surface area contributed by atoms with Crippen molar-refractivity contribution in [3.05, 3.63) is 60.4 Å². The van der Waals surface area contributed by atoms with Gasteiger partial charge in [0.25, 0.3) is 0 Å². The third-order valence-electron chi connectivity index (χ3n) is 3.20. The molecule has 0 fully saturated rings. The molecule has 21 heavy (non-hydrogen) atoms. The van der Waals surface area contributed by atoms with Gasteiger partial charge in [-0.2, -0.15) is 0 Å². The van der Waals surface area contributed by atoms with Crippen LogP contribution in [0.25, 0.3) is 10.9 Å². The molecule has 0 saturated heterocycles. The number of fused-ring (bicyclic) bond motifs is 1. The predicted molar refractivity (Wildman–Crippen MR) is 87.5 cm³/mol. The summed E-state index contributed by atoms with van der Waals surface area (Å²) in [5, 5.41) is 2.07. The summed E-state index contributed by atoms with van der Waals surface area (Å²) >= 11 is 1.66. The van der Waals surface area contributed by atoms with Crippen molar-refractivity contribution in [3.8, 4) is 0 Å². The van der Waals surface area contributed by atoms with Gasteiger partial charge in [-0.15, -0.1) is 0 Å². The summed E-state index contributed by atoms with van der Waals surface area (Å²) in [4.78, 5) is 9.87. The monoisotopic (exact) mass is 295 g/mol. The van der Waals surface area contributed by atoms with Gasteiger partial charge in [0.2, 0.25) is 0 Å². The molecule has 3 rings (SSSR count). The Balaban J connectivity index is 1.85. The normalized spacial score (nSPS) is 12.5. The molecule has 2 N–H and O–H groups in total. The van der Waals surface area contributed by atoms with Gasteiger partial charge in [-0.1, -0.05) is 42.1 Å². The molecule has 1 heterocycles. The average Bonchev–Trinajstić information content (AvgIpc) is 2.49. The van der Waals surface area contributed by atoms with E-state index in [1.807, 2.05) is 25.1 Å². The molecule has 3 nitrogen and oxygen atoms in total. The Morgan fingerprint density at radius 2 is 1.81 bits per heavy atom. The van der Waals surface area contributed by atoms with Gasteiger partial charge in [-0.25, -0.2) is 9.97 Å². The number of hydrogen-bond acceptors (Lipinski definition) is 4. The van der Waals surface area contributed by atoms with E-state index in [-0.39, 0.29) is 6.04 Å². The fourth-order valence-corrected chi connectivity index (χ4v) is 3.12. The lowest BCUT2D eigenvalue weighted by Gasteiger charge is -2.07. The summed E-state index contributed by atoms with van der Waals surface area (Å²) in [7, 11) is 0. The van der Waals surface area contributed by atoms with Crippen LogP contribution >= 0.6 is 11.8 Å². The first-order valence-electron chi connectivity index (χ1n) is 6.94. The maximum atomic E-state index is 5.83.